The first-order valence-electron chi connectivity index (χ1n) is 6.94. The molecule has 0 unspecified atom stereocenters. The molecule has 2 aliphatic carbocycles. The molecule has 0 saturated heterocycles. The number of hydrogen-bond acceptors (Lipinski definition) is 4. The van der Waals surface area contributed by atoms with Crippen molar-refractivity contribution in [2.75, 3.05) is 23.8 Å². The fraction of sp³-hybridized carbons (Fsp3) is 0.643. The summed E-state index contributed by atoms with van der Waals surface area (Å²) in [5.41, 5.74) is 6.57. The minimum absolute atomic E-state index is 0.610. The van der Waals surface area contributed by atoms with Gasteiger partial charge in [-0.15, -0.1) is 0 Å². The number of aromatic nitrogens is 1. The van der Waals surface area contributed by atoms with Crippen molar-refractivity contribution in [3.05, 3.63) is 12.1 Å². The van der Waals surface area contributed by atoms with Gasteiger partial charge < -0.3 is 15.4 Å². The quantitative estimate of drug-likeness (QED) is 0.839. The third kappa shape index (κ3) is 2.52. The SMILES string of the molecule is CCN(c1ccc(N)c(OCC2CC2)n1)C1CC1. The molecule has 2 N–H and O–H groups in total. The lowest BCUT2D eigenvalue weighted by Gasteiger charge is -2.22. The van der Waals surface area contributed by atoms with Crippen LogP contribution < -0.4 is 15.4 Å². The topological polar surface area (TPSA) is 51.4 Å². The molecule has 0 aromatic carbocycles. The molecule has 0 radical (unpaired) electrons. The van der Waals surface area contributed by atoms with Crippen molar-refractivity contribution in [2.45, 2.75) is 38.6 Å². The van der Waals surface area contributed by atoms with E-state index in [4.69, 9.17) is 10.5 Å². The largest absolute Gasteiger partial charge is 0.476 e. The highest BCUT2D eigenvalue weighted by molar-refractivity contribution is 5.55. The van der Waals surface area contributed by atoms with Crippen LogP contribution in [-0.2, 0) is 0 Å². The first-order chi connectivity index (χ1) is 8.78. The molecule has 1 heterocycles. The van der Waals surface area contributed by atoms with E-state index in [2.05, 4.69) is 16.8 Å². The van der Waals surface area contributed by atoms with Crippen molar-refractivity contribution in [3.63, 3.8) is 0 Å². The van der Waals surface area contributed by atoms with Crippen LogP contribution in [0.3, 0.4) is 0 Å². The number of pyridine rings is 1. The van der Waals surface area contributed by atoms with Gasteiger partial charge in [0, 0.05) is 12.6 Å². The van der Waals surface area contributed by atoms with Crippen molar-refractivity contribution in [2.24, 2.45) is 5.92 Å². The molecule has 2 saturated carbocycles. The minimum Gasteiger partial charge on any atom is -0.476 e. The van der Waals surface area contributed by atoms with E-state index in [9.17, 15) is 0 Å². The van der Waals surface area contributed by atoms with Gasteiger partial charge in [0.15, 0.2) is 0 Å². The number of hydrogen-bond donors (Lipinski definition) is 1. The van der Waals surface area contributed by atoms with Gasteiger partial charge in [0.2, 0.25) is 5.88 Å². The number of nitrogens with two attached hydrogens (primary N) is 1. The highest BCUT2D eigenvalue weighted by atomic mass is 16.5. The molecule has 4 nitrogen and oxygen atoms in total. The molecule has 0 atom stereocenters. The molecule has 1 aromatic heterocycles. The van der Waals surface area contributed by atoms with Crippen LogP contribution in [0.15, 0.2) is 12.1 Å². The predicted octanol–water partition coefficient (Wildman–Crippen LogP) is 2.44. The highest BCUT2D eigenvalue weighted by Crippen LogP contribution is 2.34. The number of rotatable bonds is 6. The van der Waals surface area contributed by atoms with Gasteiger partial charge in [0.1, 0.15) is 5.82 Å². The van der Waals surface area contributed by atoms with Gasteiger partial charge in [-0.3, -0.25) is 0 Å². The maximum absolute atomic E-state index is 5.92. The van der Waals surface area contributed by atoms with Crippen LogP contribution in [0.25, 0.3) is 0 Å². The summed E-state index contributed by atoms with van der Waals surface area (Å²) in [7, 11) is 0. The summed E-state index contributed by atoms with van der Waals surface area (Å²) in [6.45, 7) is 3.92. The Labute approximate surface area is 108 Å². The Morgan fingerprint density at radius 1 is 1.33 bits per heavy atom. The van der Waals surface area contributed by atoms with Gasteiger partial charge in [-0.2, -0.15) is 4.98 Å². The second-order valence-corrected chi connectivity index (χ2v) is 5.34. The molecule has 4 heteroatoms. The molecule has 18 heavy (non-hydrogen) atoms. The van der Waals surface area contributed by atoms with Crippen molar-refractivity contribution in [1.82, 2.24) is 4.98 Å². The molecule has 0 spiro atoms. The van der Waals surface area contributed by atoms with E-state index in [1.165, 1.54) is 25.7 Å². The maximum atomic E-state index is 5.92. The lowest BCUT2D eigenvalue weighted by atomic mass is 10.3. The molecule has 0 bridgehead atoms. The van der Waals surface area contributed by atoms with E-state index in [0.717, 1.165) is 24.9 Å². The van der Waals surface area contributed by atoms with Gasteiger partial charge in [0.25, 0.3) is 0 Å². The molecule has 2 aliphatic rings. The van der Waals surface area contributed by atoms with E-state index in [1.54, 1.807) is 0 Å². The van der Waals surface area contributed by atoms with E-state index in [0.29, 0.717) is 17.6 Å². The molecule has 3 rings (SSSR count). The van der Waals surface area contributed by atoms with Crippen LogP contribution in [0.5, 0.6) is 5.88 Å². The molecular formula is C14H21N3O. The molecule has 1 aromatic rings. The highest BCUT2D eigenvalue weighted by Gasteiger charge is 2.29. The molecule has 2 fully saturated rings. The summed E-state index contributed by atoms with van der Waals surface area (Å²) in [5, 5.41) is 0. The van der Waals surface area contributed by atoms with E-state index in [-0.39, 0.29) is 0 Å². The predicted molar refractivity (Wildman–Crippen MR) is 72.9 cm³/mol. The van der Waals surface area contributed by atoms with Crippen molar-refractivity contribution < 1.29 is 4.74 Å². The average Bonchev–Trinajstić information content (AvgIpc) is 3.24. The monoisotopic (exact) mass is 247 g/mol. The maximum Gasteiger partial charge on any atom is 0.239 e. The van der Waals surface area contributed by atoms with Crippen LogP contribution in [0.4, 0.5) is 11.5 Å². The minimum atomic E-state index is 0.610. The third-order valence-corrected chi connectivity index (χ3v) is 3.65. The van der Waals surface area contributed by atoms with Crippen molar-refractivity contribution in [1.29, 1.82) is 0 Å². The van der Waals surface area contributed by atoms with Crippen LogP contribution >= 0.6 is 0 Å². The van der Waals surface area contributed by atoms with Gasteiger partial charge in [0.05, 0.1) is 12.3 Å². The fourth-order valence-electron chi connectivity index (χ4n) is 2.19. The van der Waals surface area contributed by atoms with E-state index < -0.39 is 0 Å². The second kappa shape index (κ2) is 4.67. The lowest BCUT2D eigenvalue weighted by Crippen LogP contribution is -2.26. The van der Waals surface area contributed by atoms with Crippen LogP contribution in [0.2, 0.25) is 0 Å². The Kier molecular flexibility index (Phi) is 3.02. The summed E-state index contributed by atoms with van der Waals surface area (Å²) in [6.07, 6.45) is 5.11. The average molecular weight is 247 g/mol. The second-order valence-electron chi connectivity index (χ2n) is 5.34. The molecule has 0 aliphatic heterocycles. The lowest BCUT2D eigenvalue weighted by molar-refractivity contribution is 0.290. The molecule has 98 valence electrons. The first kappa shape index (κ1) is 11.6. The Balaban J connectivity index is 1.74. The normalized spacial score (nSPS) is 18.7. The smallest absolute Gasteiger partial charge is 0.239 e. The third-order valence-electron chi connectivity index (χ3n) is 3.65. The van der Waals surface area contributed by atoms with Crippen molar-refractivity contribution in [3.8, 4) is 5.88 Å². The van der Waals surface area contributed by atoms with Gasteiger partial charge in [-0.1, -0.05) is 0 Å². The Hall–Kier alpha value is -1.45. The molecule has 0 amide bonds. The summed E-state index contributed by atoms with van der Waals surface area (Å²) in [6, 6.07) is 4.58. The van der Waals surface area contributed by atoms with Gasteiger partial charge in [-0.25, -0.2) is 0 Å². The summed E-state index contributed by atoms with van der Waals surface area (Å²) < 4.78 is 5.73. The number of ether oxygens (including phenoxy) is 1. The number of nitrogens with zero attached hydrogens (tertiary/aromatic N) is 2. The number of anilines is 2. The van der Waals surface area contributed by atoms with Crippen LogP contribution in [0.1, 0.15) is 32.6 Å². The van der Waals surface area contributed by atoms with Crippen LogP contribution in [0, 0.1) is 5.92 Å². The zero-order valence-corrected chi connectivity index (χ0v) is 10.9. The zero-order chi connectivity index (χ0) is 12.5. The van der Waals surface area contributed by atoms with Gasteiger partial charge >= 0.3 is 0 Å². The first-order valence-corrected chi connectivity index (χ1v) is 6.94. The molecular weight excluding hydrogens is 226 g/mol. The van der Waals surface area contributed by atoms with Gasteiger partial charge in [-0.05, 0) is 50.7 Å². The fourth-order valence-corrected chi connectivity index (χ4v) is 2.19. The zero-order valence-electron chi connectivity index (χ0n) is 10.9. The Morgan fingerprint density at radius 2 is 2.11 bits per heavy atom. The standard InChI is InChI=1S/C14H21N3O/c1-2-17(11-5-6-11)13-8-7-12(15)14(16-13)18-9-10-3-4-10/h7-8,10-11H,2-6,9,15H2,1H3. The van der Waals surface area contributed by atoms with E-state index in [1.807, 2.05) is 12.1 Å². The van der Waals surface area contributed by atoms with E-state index >= 15 is 0 Å². The summed E-state index contributed by atoms with van der Waals surface area (Å²) in [5.74, 6) is 2.33. The Morgan fingerprint density at radius 3 is 2.72 bits per heavy atom. The number of nitrogen functional groups attached to an aromatic ring is 1. The van der Waals surface area contributed by atoms with Crippen LogP contribution in [-0.4, -0.2) is 24.2 Å². The Bertz CT molecular complexity index is 427. The summed E-state index contributed by atoms with van der Waals surface area (Å²) >= 11 is 0. The summed E-state index contributed by atoms with van der Waals surface area (Å²) in [4.78, 5) is 6.92. The van der Waals surface area contributed by atoms with Crippen molar-refractivity contribution >= 4 is 11.5 Å².